The van der Waals surface area contributed by atoms with Crippen LogP contribution >= 0.6 is 0 Å². The summed E-state index contributed by atoms with van der Waals surface area (Å²) in [5.41, 5.74) is 0. The molecule has 0 saturated carbocycles. The van der Waals surface area contributed by atoms with Crippen LogP contribution in [0.15, 0.2) is 12.3 Å². The lowest BCUT2D eigenvalue weighted by Gasteiger charge is -2.27. The summed E-state index contributed by atoms with van der Waals surface area (Å²) in [6, 6.07) is 1.96. The highest BCUT2D eigenvalue weighted by Crippen LogP contribution is 2.12. The summed E-state index contributed by atoms with van der Waals surface area (Å²) in [6.45, 7) is 4.14. The summed E-state index contributed by atoms with van der Waals surface area (Å²) in [5.74, 6) is 1.90. The fraction of sp³-hybridized carbons (Fsp3) is 0.667. The average Bonchev–Trinajstić information content (AvgIpc) is 2.41. The summed E-state index contributed by atoms with van der Waals surface area (Å²) in [4.78, 5) is 11.1. The number of rotatable bonds is 5. The lowest BCUT2D eigenvalue weighted by atomic mass is 10.3. The molecule has 1 aliphatic heterocycles. The number of hydrogen-bond acceptors (Lipinski definition) is 5. The molecule has 0 bridgehead atoms. The van der Waals surface area contributed by atoms with Crippen LogP contribution in [0.2, 0.25) is 0 Å². The van der Waals surface area contributed by atoms with Gasteiger partial charge in [0.1, 0.15) is 11.6 Å². The fourth-order valence-corrected chi connectivity index (χ4v) is 1.85. The molecule has 17 heavy (non-hydrogen) atoms. The van der Waals surface area contributed by atoms with Crippen LogP contribution in [-0.2, 0) is 15.9 Å². The average molecular weight is 237 g/mol. The third kappa shape index (κ3) is 3.64. The number of nitrogens with zero attached hydrogens (tertiary/aromatic N) is 3. The van der Waals surface area contributed by atoms with E-state index >= 15 is 0 Å². The molecular weight excluding hydrogens is 218 g/mol. The topological polar surface area (TPSA) is 47.5 Å². The predicted molar refractivity (Wildman–Crippen MR) is 65.3 cm³/mol. The normalized spacial score (nSPS) is 16.2. The minimum Gasteiger partial charge on any atom is -0.385 e. The largest absolute Gasteiger partial charge is 0.385 e. The summed E-state index contributed by atoms with van der Waals surface area (Å²) in [7, 11) is 1.71. The van der Waals surface area contributed by atoms with Crippen LogP contribution in [-0.4, -0.2) is 50.0 Å². The zero-order valence-corrected chi connectivity index (χ0v) is 10.3. The van der Waals surface area contributed by atoms with Crippen LogP contribution in [0.3, 0.4) is 0 Å². The molecule has 1 fully saturated rings. The Morgan fingerprint density at radius 2 is 2.24 bits per heavy atom. The second kappa shape index (κ2) is 6.51. The Kier molecular flexibility index (Phi) is 4.70. The molecule has 1 saturated heterocycles. The Labute approximate surface area is 102 Å². The highest BCUT2D eigenvalue weighted by atomic mass is 16.5. The molecule has 0 radical (unpaired) electrons. The van der Waals surface area contributed by atoms with E-state index in [2.05, 4.69) is 14.9 Å². The molecule has 2 heterocycles. The number of anilines is 1. The molecule has 0 N–H and O–H groups in total. The molecule has 0 spiro atoms. The van der Waals surface area contributed by atoms with Gasteiger partial charge in [0.2, 0.25) is 0 Å². The van der Waals surface area contributed by atoms with Gasteiger partial charge in [-0.05, 0) is 12.5 Å². The van der Waals surface area contributed by atoms with Crippen LogP contribution in [0.25, 0.3) is 0 Å². The van der Waals surface area contributed by atoms with E-state index in [1.165, 1.54) is 0 Å². The number of ether oxygens (including phenoxy) is 2. The van der Waals surface area contributed by atoms with Crippen LogP contribution < -0.4 is 4.90 Å². The van der Waals surface area contributed by atoms with Crippen molar-refractivity contribution in [2.24, 2.45) is 0 Å². The van der Waals surface area contributed by atoms with Gasteiger partial charge in [-0.25, -0.2) is 9.97 Å². The predicted octanol–water partition coefficient (Wildman–Crippen LogP) is 0.892. The number of methoxy groups -OCH3 is 1. The summed E-state index contributed by atoms with van der Waals surface area (Å²) in [5, 5.41) is 0. The lowest BCUT2D eigenvalue weighted by Crippen LogP contribution is -2.36. The van der Waals surface area contributed by atoms with Gasteiger partial charge in [-0.2, -0.15) is 0 Å². The summed E-state index contributed by atoms with van der Waals surface area (Å²) >= 11 is 0. The van der Waals surface area contributed by atoms with E-state index in [0.717, 1.165) is 57.4 Å². The van der Waals surface area contributed by atoms with Crippen molar-refractivity contribution in [1.29, 1.82) is 0 Å². The fourth-order valence-electron chi connectivity index (χ4n) is 1.85. The molecule has 5 nitrogen and oxygen atoms in total. The lowest BCUT2D eigenvalue weighted by molar-refractivity contribution is 0.122. The molecule has 5 heteroatoms. The van der Waals surface area contributed by atoms with E-state index in [9.17, 15) is 0 Å². The molecule has 1 aliphatic rings. The summed E-state index contributed by atoms with van der Waals surface area (Å²) < 4.78 is 10.4. The smallest absolute Gasteiger partial charge is 0.132 e. The van der Waals surface area contributed by atoms with E-state index < -0.39 is 0 Å². The summed E-state index contributed by atoms with van der Waals surface area (Å²) in [6.07, 6.45) is 3.66. The van der Waals surface area contributed by atoms with Crippen LogP contribution in [0.5, 0.6) is 0 Å². The van der Waals surface area contributed by atoms with Crippen molar-refractivity contribution in [2.75, 3.05) is 44.9 Å². The highest BCUT2D eigenvalue weighted by Gasteiger charge is 2.12. The molecule has 2 rings (SSSR count). The van der Waals surface area contributed by atoms with Gasteiger partial charge < -0.3 is 14.4 Å². The quantitative estimate of drug-likeness (QED) is 0.712. The number of aromatic nitrogens is 2. The van der Waals surface area contributed by atoms with Crippen LogP contribution in [0, 0.1) is 0 Å². The molecule has 1 aromatic heterocycles. The second-order valence-electron chi connectivity index (χ2n) is 4.03. The maximum atomic E-state index is 5.33. The van der Waals surface area contributed by atoms with Crippen LogP contribution in [0.1, 0.15) is 12.2 Å². The first-order valence-corrected chi connectivity index (χ1v) is 6.03. The van der Waals surface area contributed by atoms with Gasteiger partial charge in [0, 0.05) is 39.4 Å². The minimum absolute atomic E-state index is 0.755. The molecule has 0 unspecified atom stereocenters. The van der Waals surface area contributed by atoms with E-state index in [1.807, 2.05) is 12.3 Å². The maximum Gasteiger partial charge on any atom is 0.132 e. The first-order valence-electron chi connectivity index (χ1n) is 6.03. The molecule has 0 amide bonds. The number of morpholine rings is 1. The molecular formula is C12H19N3O2. The van der Waals surface area contributed by atoms with Gasteiger partial charge in [-0.3, -0.25) is 0 Å². The van der Waals surface area contributed by atoms with Crippen molar-refractivity contribution in [2.45, 2.75) is 12.8 Å². The SMILES string of the molecule is COCCCc1nccc(N2CCOCC2)n1. The van der Waals surface area contributed by atoms with Crippen LogP contribution in [0.4, 0.5) is 5.82 Å². The zero-order valence-electron chi connectivity index (χ0n) is 10.3. The standard InChI is InChI=1S/C12H19N3O2/c1-16-8-2-3-11-13-5-4-12(14-11)15-6-9-17-10-7-15/h4-5H,2-3,6-10H2,1H3. The van der Waals surface area contributed by atoms with Crippen molar-refractivity contribution >= 4 is 5.82 Å². The first kappa shape index (κ1) is 12.3. The zero-order chi connectivity index (χ0) is 11.9. The maximum absolute atomic E-state index is 5.33. The van der Waals surface area contributed by atoms with E-state index in [4.69, 9.17) is 9.47 Å². The Balaban J connectivity index is 1.95. The molecule has 94 valence electrons. The van der Waals surface area contributed by atoms with Crippen molar-refractivity contribution in [1.82, 2.24) is 9.97 Å². The molecule has 0 aromatic carbocycles. The van der Waals surface area contributed by atoms with Gasteiger partial charge >= 0.3 is 0 Å². The van der Waals surface area contributed by atoms with Crippen molar-refractivity contribution in [3.63, 3.8) is 0 Å². The van der Waals surface area contributed by atoms with Gasteiger partial charge in [-0.15, -0.1) is 0 Å². The minimum atomic E-state index is 0.755. The van der Waals surface area contributed by atoms with E-state index in [-0.39, 0.29) is 0 Å². The van der Waals surface area contributed by atoms with Crippen molar-refractivity contribution in [3.8, 4) is 0 Å². The Hall–Kier alpha value is -1.20. The highest BCUT2D eigenvalue weighted by molar-refractivity contribution is 5.37. The third-order valence-electron chi connectivity index (χ3n) is 2.77. The molecule has 0 atom stereocenters. The Morgan fingerprint density at radius 1 is 1.41 bits per heavy atom. The third-order valence-corrected chi connectivity index (χ3v) is 2.77. The van der Waals surface area contributed by atoms with Crippen molar-refractivity contribution < 1.29 is 9.47 Å². The van der Waals surface area contributed by atoms with E-state index in [0.29, 0.717) is 0 Å². The molecule has 0 aliphatic carbocycles. The number of hydrogen-bond donors (Lipinski definition) is 0. The molecule has 1 aromatic rings. The van der Waals surface area contributed by atoms with E-state index in [1.54, 1.807) is 7.11 Å². The Morgan fingerprint density at radius 3 is 3.00 bits per heavy atom. The number of aryl methyl sites for hydroxylation is 1. The van der Waals surface area contributed by atoms with Crippen molar-refractivity contribution in [3.05, 3.63) is 18.1 Å². The van der Waals surface area contributed by atoms with Gasteiger partial charge in [-0.1, -0.05) is 0 Å². The van der Waals surface area contributed by atoms with Gasteiger partial charge in [0.05, 0.1) is 13.2 Å². The second-order valence-corrected chi connectivity index (χ2v) is 4.03. The van der Waals surface area contributed by atoms with Gasteiger partial charge in [0.15, 0.2) is 0 Å². The van der Waals surface area contributed by atoms with Gasteiger partial charge in [0.25, 0.3) is 0 Å². The first-order chi connectivity index (χ1) is 8.40. The monoisotopic (exact) mass is 237 g/mol. The Bertz CT molecular complexity index is 340.